The van der Waals surface area contributed by atoms with Gasteiger partial charge in [0.05, 0.1) is 25.0 Å². The van der Waals surface area contributed by atoms with Crippen LogP contribution in [0.5, 0.6) is 5.75 Å². The van der Waals surface area contributed by atoms with Gasteiger partial charge in [-0.15, -0.1) is 0 Å². The Labute approximate surface area is 112 Å². The van der Waals surface area contributed by atoms with Crippen LogP contribution < -0.4 is 10.1 Å². The van der Waals surface area contributed by atoms with Gasteiger partial charge < -0.3 is 10.1 Å². The van der Waals surface area contributed by atoms with Crippen molar-refractivity contribution in [1.29, 1.82) is 0 Å². The van der Waals surface area contributed by atoms with Crippen LogP contribution in [0.1, 0.15) is 37.4 Å². The molecule has 0 aliphatic heterocycles. The van der Waals surface area contributed by atoms with Crippen LogP contribution in [0.4, 0.5) is 8.78 Å². The summed E-state index contributed by atoms with van der Waals surface area (Å²) in [6.07, 6.45) is 2.64. The highest BCUT2D eigenvalue weighted by Gasteiger charge is 2.39. The minimum absolute atomic E-state index is 0.00134. The van der Waals surface area contributed by atoms with Crippen LogP contribution in [-0.2, 0) is 7.05 Å². The summed E-state index contributed by atoms with van der Waals surface area (Å²) in [5.41, 5.74) is 0.931. The number of aryl methyl sites for hydroxylation is 1. The molecule has 2 rings (SSSR count). The van der Waals surface area contributed by atoms with Crippen molar-refractivity contribution in [3.63, 3.8) is 0 Å². The zero-order chi connectivity index (χ0) is 14.0. The van der Waals surface area contributed by atoms with Crippen molar-refractivity contribution in [2.45, 2.75) is 37.6 Å². The van der Waals surface area contributed by atoms with Gasteiger partial charge in [0.1, 0.15) is 0 Å². The Balaban J connectivity index is 2.18. The smallest absolute Gasteiger partial charge is 0.248 e. The van der Waals surface area contributed by atoms with Gasteiger partial charge in [-0.1, -0.05) is 0 Å². The van der Waals surface area contributed by atoms with Crippen LogP contribution in [0, 0.1) is 5.92 Å². The molecule has 0 aromatic carbocycles. The maximum absolute atomic E-state index is 13.2. The van der Waals surface area contributed by atoms with Gasteiger partial charge in [-0.3, -0.25) is 4.68 Å². The molecule has 1 aromatic rings. The predicted octanol–water partition coefficient (Wildman–Crippen LogP) is 2.51. The fraction of sp³-hybridized carbons (Fsp3) is 0.769. The van der Waals surface area contributed by atoms with Gasteiger partial charge in [0.25, 0.3) is 0 Å². The molecule has 4 nitrogen and oxygen atoms in total. The highest BCUT2D eigenvalue weighted by molar-refractivity contribution is 5.28. The fourth-order valence-corrected chi connectivity index (χ4v) is 2.93. The summed E-state index contributed by atoms with van der Waals surface area (Å²) in [6.45, 7) is 0. The number of ether oxygens (including phenoxy) is 1. The number of hydrogen-bond donors (Lipinski definition) is 1. The molecule has 1 atom stereocenters. The van der Waals surface area contributed by atoms with Crippen molar-refractivity contribution in [3.05, 3.63) is 11.9 Å². The summed E-state index contributed by atoms with van der Waals surface area (Å²) in [4.78, 5) is 0. The largest absolute Gasteiger partial charge is 0.493 e. The molecule has 108 valence electrons. The van der Waals surface area contributed by atoms with E-state index in [9.17, 15) is 8.78 Å². The molecular formula is C13H21F2N3O. The third kappa shape index (κ3) is 2.88. The van der Waals surface area contributed by atoms with Crippen LogP contribution in [0.25, 0.3) is 0 Å². The summed E-state index contributed by atoms with van der Waals surface area (Å²) < 4.78 is 33.6. The van der Waals surface area contributed by atoms with Gasteiger partial charge in [0, 0.05) is 19.9 Å². The second kappa shape index (κ2) is 5.45. The maximum atomic E-state index is 13.2. The Kier molecular flexibility index (Phi) is 4.08. The average molecular weight is 273 g/mol. The van der Waals surface area contributed by atoms with E-state index in [-0.39, 0.29) is 24.8 Å². The molecule has 1 aliphatic rings. The third-order valence-electron chi connectivity index (χ3n) is 4.01. The van der Waals surface area contributed by atoms with Crippen molar-refractivity contribution >= 4 is 0 Å². The first-order valence-electron chi connectivity index (χ1n) is 6.59. The predicted molar refractivity (Wildman–Crippen MR) is 68.5 cm³/mol. The van der Waals surface area contributed by atoms with E-state index in [0.717, 1.165) is 5.69 Å². The monoisotopic (exact) mass is 273 g/mol. The first kappa shape index (κ1) is 14.2. The Hall–Kier alpha value is -1.17. The molecule has 1 heterocycles. The van der Waals surface area contributed by atoms with Crippen molar-refractivity contribution in [1.82, 2.24) is 15.1 Å². The van der Waals surface area contributed by atoms with E-state index in [2.05, 4.69) is 10.4 Å². The lowest BCUT2D eigenvalue weighted by atomic mass is 9.81. The minimum Gasteiger partial charge on any atom is -0.493 e. The topological polar surface area (TPSA) is 39.1 Å². The summed E-state index contributed by atoms with van der Waals surface area (Å²) in [7, 11) is 5.30. The fourth-order valence-electron chi connectivity index (χ4n) is 2.93. The molecule has 1 aliphatic carbocycles. The van der Waals surface area contributed by atoms with Crippen LogP contribution in [-0.4, -0.2) is 29.9 Å². The van der Waals surface area contributed by atoms with Crippen molar-refractivity contribution < 1.29 is 13.5 Å². The number of halogens is 2. The number of hydrogen-bond acceptors (Lipinski definition) is 3. The highest BCUT2D eigenvalue weighted by Crippen LogP contribution is 2.42. The molecule has 1 saturated carbocycles. The molecule has 1 unspecified atom stereocenters. The quantitative estimate of drug-likeness (QED) is 0.916. The number of nitrogens with zero attached hydrogens (tertiary/aromatic N) is 2. The summed E-state index contributed by atoms with van der Waals surface area (Å²) in [6, 6.07) is -0.00134. The number of methoxy groups -OCH3 is 1. The second-order valence-corrected chi connectivity index (χ2v) is 5.18. The van der Waals surface area contributed by atoms with Crippen LogP contribution in [0.15, 0.2) is 6.20 Å². The Bertz CT molecular complexity index is 424. The number of alkyl halides is 2. The molecule has 0 saturated heterocycles. The van der Waals surface area contributed by atoms with Gasteiger partial charge in [0.15, 0.2) is 5.75 Å². The Morgan fingerprint density at radius 3 is 2.63 bits per heavy atom. The van der Waals surface area contributed by atoms with Crippen LogP contribution in [0.3, 0.4) is 0 Å². The summed E-state index contributed by atoms with van der Waals surface area (Å²) >= 11 is 0. The highest BCUT2D eigenvalue weighted by atomic mass is 19.3. The first-order valence-corrected chi connectivity index (χ1v) is 6.59. The standard InChI is InChI=1S/C13H21F2N3O/c1-16-11(9-4-6-13(14,15)7-5-9)12-10(19-3)8-17-18(12)2/h8-9,11,16H,4-7H2,1-3H3. The Morgan fingerprint density at radius 2 is 2.11 bits per heavy atom. The molecule has 1 N–H and O–H groups in total. The number of rotatable bonds is 4. The normalized spacial score (nSPS) is 21.3. The van der Waals surface area contributed by atoms with E-state index in [1.165, 1.54) is 0 Å². The second-order valence-electron chi connectivity index (χ2n) is 5.18. The van der Waals surface area contributed by atoms with Crippen LogP contribution >= 0.6 is 0 Å². The van der Waals surface area contributed by atoms with Gasteiger partial charge in [-0.25, -0.2) is 8.78 Å². The average Bonchev–Trinajstić information content (AvgIpc) is 2.74. The van der Waals surface area contributed by atoms with Gasteiger partial charge >= 0.3 is 0 Å². The van der Waals surface area contributed by atoms with Gasteiger partial charge in [-0.2, -0.15) is 5.10 Å². The van der Waals surface area contributed by atoms with E-state index in [4.69, 9.17) is 4.74 Å². The van der Waals surface area contributed by atoms with E-state index in [0.29, 0.717) is 18.6 Å². The third-order valence-corrected chi connectivity index (χ3v) is 4.01. The van der Waals surface area contributed by atoms with Crippen molar-refractivity contribution in [2.24, 2.45) is 13.0 Å². The summed E-state index contributed by atoms with van der Waals surface area (Å²) in [5, 5.41) is 7.41. The van der Waals surface area contributed by atoms with E-state index < -0.39 is 5.92 Å². The summed E-state index contributed by atoms with van der Waals surface area (Å²) in [5.74, 6) is -1.60. The van der Waals surface area contributed by atoms with E-state index in [1.807, 2.05) is 14.1 Å². The SMILES string of the molecule is CNC(c1c(OC)cnn1C)C1CCC(F)(F)CC1. The molecule has 1 fully saturated rings. The van der Waals surface area contributed by atoms with E-state index >= 15 is 0 Å². The number of nitrogens with one attached hydrogen (secondary N) is 1. The minimum atomic E-state index is -2.49. The van der Waals surface area contributed by atoms with Gasteiger partial charge in [0.2, 0.25) is 5.92 Å². The molecular weight excluding hydrogens is 252 g/mol. The molecule has 1 aromatic heterocycles. The molecule has 0 spiro atoms. The van der Waals surface area contributed by atoms with Crippen molar-refractivity contribution in [3.8, 4) is 5.75 Å². The Morgan fingerprint density at radius 1 is 1.47 bits per heavy atom. The lowest BCUT2D eigenvalue weighted by Crippen LogP contribution is -2.33. The van der Waals surface area contributed by atoms with Crippen molar-refractivity contribution in [2.75, 3.05) is 14.2 Å². The number of aromatic nitrogens is 2. The van der Waals surface area contributed by atoms with Crippen LogP contribution in [0.2, 0.25) is 0 Å². The maximum Gasteiger partial charge on any atom is 0.248 e. The molecule has 19 heavy (non-hydrogen) atoms. The molecule has 0 bridgehead atoms. The first-order chi connectivity index (χ1) is 8.98. The lowest BCUT2D eigenvalue weighted by Gasteiger charge is -2.33. The zero-order valence-corrected chi connectivity index (χ0v) is 11.6. The van der Waals surface area contributed by atoms with Gasteiger partial charge in [-0.05, 0) is 25.8 Å². The lowest BCUT2D eigenvalue weighted by molar-refractivity contribution is -0.0498. The molecule has 0 radical (unpaired) electrons. The molecule has 6 heteroatoms. The zero-order valence-electron chi connectivity index (χ0n) is 11.6. The molecule has 0 amide bonds. The van der Waals surface area contributed by atoms with E-state index in [1.54, 1.807) is 18.0 Å².